The van der Waals surface area contributed by atoms with E-state index in [1.54, 1.807) is 0 Å². The summed E-state index contributed by atoms with van der Waals surface area (Å²) in [6, 6.07) is -0.174. The maximum Gasteiger partial charge on any atom is 0.225 e. The van der Waals surface area contributed by atoms with Crippen molar-refractivity contribution in [3.63, 3.8) is 0 Å². The molecule has 118 valence electrons. The van der Waals surface area contributed by atoms with Crippen LogP contribution in [0.2, 0.25) is 0 Å². The zero-order valence-electron chi connectivity index (χ0n) is 13.5. The van der Waals surface area contributed by atoms with Gasteiger partial charge in [-0.3, -0.25) is 9.59 Å². The van der Waals surface area contributed by atoms with E-state index in [1.165, 1.54) is 0 Å². The highest BCUT2D eigenvalue weighted by Gasteiger charge is 2.20. The van der Waals surface area contributed by atoms with E-state index in [4.69, 9.17) is 0 Å². The van der Waals surface area contributed by atoms with Gasteiger partial charge in [-0.1, -0.05) is 34.6 Å². The summed E-state index contributed by atoms with van der Waals surface area (Å²) in [5.41, 5.74) is -0.401. The molecule has 1 unspecified atom stereocenters. The molecular formula is C15H30N2O3. The molecule has 0 aromatic heterocycles. The molecule has 2 amide bonds. The van der Waals surface area contributed by atoms with E-state index in [0.717, 1.165) is 6.42 Å². The smallest absolute Gasteiger partial charge is 0.225 e. The van der Waals surface area contributed by atoms with Crippen molar-refractivity contribution in [3.05, 3.63) is 0 Å². The predicted octanol–water partition coefficient (Wildman–Crippen LogP) is 1.45. The molecule has 0 saturated carbocycles. The summed E-state index contributed by atoms with van der Waals surface area (Å²) in [5, 5.41) is 14.8. The third kappa shape index (κ3) is 8.91. The first kappa shape index (κ1) is 18.9. The third-order valence-electron chi connectivity index (χ3n) is 2.89. The molecule has 0 aromatic carbocycles. The molecule has 0 heterocycles. The first-order chi connectivity index (χ1) is 9.16. The second-order valence-electron chi connectivity index (χ2n) is 6.69. The van der Waals surface area contributed by atoms with Gasteiger partial charge in [-0.05, 0) is 18.8 Å². The largest absolute Gasteiger partial charge is 0.394 e. The fraction of sp³-hybridized carbons (Fsp3) is 0.867. The Morgan fingerprint density at radius 1 is 1.20 bits per heavy atom. The Morgan fingerprint density at radius 2 is 1.80 bits per heavy atom. The highest BCUT2D eigenvalue weighted by atomic mass is 16.3. The molecule has 0 rings (SSSR count). The first-order valence-electron chi connectivity index (χ1n) is 7.35. The number of carbonyl (C=O) groups is 2. The number of rotatable bonds is 8. The van der Waals surface area contributed by atoms with Gasteiger partial charge < -0.3 is 15.7 Å². The Hall–Kier alpha value is -1.10. The Morgan fingerprint density at radius 3 is 2.25 bits per heavy atom. The number of aliphatic hydroxyl groups is 1. The molecule has 20 heavy (non-hydrogen) atoms. The van der Waals surface area contributed by atoms with Crippen molar-refractivity contribution in [2.24, 2.45) is 11.3 Å². The molecule has 0 aliphatic heterocycles. The fourth-order valence-electron chi connectivity index (χ4n) is 1.76. The molecular weight excluding hydrogens is 256 g/mol. The lowest BCUT2D eigenvalue weighted by atomic mass is 9.96. The van der Waals surface area contributed by atoms with E-state index in [1.807, 2.05) is 20.8 Å². The Kier molecular flexibility index (Phi) is 8.46. The van der Waals surface area contributed by atoms with Crippen molar-refractivity contribution in [1.82, 2.24) is 10.6 Å². The second kappa shape index (κ2) is 8.95. The highest BCUT2D eigenvalue weighted by Crippen LogP contribution is 2.12. The molecule has 5 heteroatoms. The molecule has 3 N–H and O–H groups in total. The van der Waals surface area contributed by atoms with Gasteiger partial charge in [-0.15, -0.1) is 0 Å². The van der Waals surface area contributed by atoms with Crippen molar-refractivity contribution in [2.75, 3.05) is 13.2 Å². The van der Waals surface area contributed by atoms with Crippen molar-refractivity contribution in [3.8, 4) is 0 Å². The standard InChI is InChI=1S/C15H30N2O3/c1-11(2)9-12(10-18)17-13(19)7-6-8-16-14(20)15(3,4)5/h11-12,18H,6-10H2,1-5H3,(H,16,20)(H,17,19). The van der Waals surface area contributed by atoms with Crippen LogP contribution in [0.4, 0.5) is 0 Å². The van der Waals surface area contributed by atoms with Crippen molar-refractivity contribution >= 4 is 11.8 Å². The third-order valence-corrected chi connectivity index (χ3v) is 2.89. The van der Waals surface area contributed by atoms with Gasteiger partial charge in [-0.2, -0.15) is 0 Å². The van der Waals surface area contributed by atoms with Crippen LogP contribution in [0.25, 0.3) is 0 Å². The van der Waals surface area contributed by atoms with Crippen LogP contribution in [-0.4, -0.2) is 36.1 Å². The molecule has 1 atom stereocenters. The van der Waals surface area contributed by atoms with E-state index in [-0.39, 0.29) is 24.5 Å². The van der Waals surface area contributed by atoms with Gasteiger partial charge in [0.05, 0.1) is 12.6 Å². The van der Waals surface area contributed by atoms with E-state index in [0.29, 0.717) is 25.3 Å². The van der Waals surface area contributed by atoms with Crippen molar-refractivity contribution in [2.45, 2.75) is 59.9 Å². The first-order valence-corrected chi connectivity index (χ1v) is 7.35. The van der Waals surface area contributed by atoms with Gasteiger partial charge in [0.1, 0.15) is 0 Å². The van der Waals surface area contributed by atoms with Crippen LogP contribution < -0.4 is 10.6 Å². The minimum atomic E-state index is -0.401. The zero-order valence-corrected chi connectivity index (χ0v) is 13.5. The molecule has 0 aromatic rings. The zero-order chi connectivity index (χ0) is 15.8. The number of hydrogen-bond donors (Lipinski definition) is 3. The summed E-state index contributed by atoms with van der Waals surface area (Å²) >= 11 is 0. The minimum absolute atomic E-state index is 0.00838. The van der Waals surface area contributed by atoms with E-state index < -0.39 is 5.41 Å². The topological polar surface area (TPSA) is 78.4 Å². The lowest BCUT2D eigenvalue weighted by Crippen LogP contribution is -2.39. The maximum absolute atomic E-state index is 11.7. The minimum Gasteiger partial charge on any atom is -0.394 e. The summed E-state index contributed by atoms with van der Waals surface area (Å²) in [6.07, 6.45) is 1.73. The van der Waals surface area contributed by atoms with Gasteiger partial charge in [0.2, 0.25) is 11.8 Å². The van der Waals surface area contributed by atoms with Gasteiger partial charge in [0, 0.05) is 18.4 Å². The molecule has 0 radical (unpaired) electrons. The molecule has 0 aliphatic carbocycles. The molecule has 0 fully saturated rings. The maximum atomic E-state index is 11.7. The molecule has 0 saturated heterocycles. The molecule has 0 spiro atoms. The summed E-state index contributed by atoms with van der Waals surface area (Å²) in [5.74, 6) is 0.346. The van der Waals surface area contributed by atoms with Crippen LogP contribution in [0, 0.1) is 11.3 Å². The average molecular weight is 286 g/mol. The number of carbonyl (C=O) groups excluding carboxylic acids is 2. The number of hydrogen-bond acceptors (Lipinski definition) is 3. The Labute approximate surface area is 122 Å². The number of amides is 2. The van der Waals surface area contributed by atoms with Crippen molar-refractivity contribution in [1.29, 1.82) is 0 Å². The quantitative estimate of drug-likeness (QED) is 0.591. The SMILES string of the molecule is CC(C)CC(CO)NC(=O)CCCNC(=O)C(C)(C)C. The van der Waals surface area contributed by atoms with Gasteiger partial charge in [0.25, 0.3) is 0 Å². The van der Waals surface area contributed by atoms with Gasteiger partial charge in [0.15, 0.2) is 0 Å². The summed E-state index contributed by atoms with van der Waals surface area (Å²) in [6.45, 7) is 10.1. The van der Waals surface area contributed by atoms with Crippen LogP contribution in [0.3, 0.4) is 0 Å². The van der Waals surface area contributed by atoms with E-state index in [2.05, 4.69) is 24.5 Å². The van der Waals surface area contributed by atoms with E-state index in [9.17, 15) is 14.7 Å². The normalized spacial score (nSPS) is 13.2. The Balaban J connectivity index is 3.86. The average Bonchev–Trinajstić information content (AvgIpc) is 2.31. The van der Waals surface area contributed by atoms with Crippen molar-refractivity contribution < 1.29 is 14.7 Å². The fourth-order valence-corrected chi connectivity index (χ4v) is 1.76. The summed E-state index contributed by atoms with van der Waals surface area (Å²) in [7, 11) is 0. The molecule has 5 nitrogen and oxygen atoms in total. The highest BCUT2D eigenvalue weighted by molar-refractivity contribution is 5.81. The van der Waals surface area contributed by atoms with E-state index >= 15 is 0 Å². The van der Waals surface area contributed by atoms with Gasteiger partial charge >= 0.3 is 0 Å². The van der Waals surface area contributed by atoms with Crippen LogP contribution in [0.1, 0.15) is 53.9 Å². The van der Waals surface area contributed by atoms with Crippen LogP contribution in [0.15, 0.2) is 0 Å². The monoisotopic (exact) mass is 286 g/mol. The lowest BCUT2D eigenvalue weighted by molar-refractivity contribution is -0.128. The Bertz CT molecular complexity index is 309. The molecule has 0 aliphatic rings. The van der Waals surface area contributed by atoms with Crippen LogP contribution in [0.5, 0.6) is 0 Å². The number of nitrogens with one attached hydrogen (secondary N) is 2. The summed E-state index contributed by atoms with van der Waals surface area (Å²) in [4.78, 5) is 23.3. The second-order valence-corrected chi connectivity index (χ2v) is 6.69. The van der Waals surface area contributed by atoms with Crippen LogP contribution >= 0.6 is 0 Å². The lowest BCUT2D eigenvalue weighted by Gasteiger charge is -2.19. The molecule has 0 bridgehead atoms. The van der Waals surface area contributed by atoms with Gasteiger partial charge in [-0.25, -0.2) is 0 Å². The predicted molar refractivity (Wildman–Crippen MR) is 80.2 cm³/mol. The summed E-state index contributed by atoms with van der Waals surface area (Å²) < 4.78 is 0. The number of aliphatic hydroxyl groups excluding tert-OH is 1. The van der Waals surface area contributed by atoms with Crippen LogP contribution in [-0.2, 0) is 9.59 Å².